The first-order chi connectivity index (χ1) is 6.22. The summed E-state index contributed by atoms with van der Waals surface area (Å²) in [5.41, 5.74) is 7.32. The molecule has 1 aromatic rings. The topological polar surface area (TPSA) is 26.0 Å². The van der Waals surface area contributed by atoms with Gasteiger partial charge in [-0.1, -0.05) is 6.92 Å². The zero-order chi connectivity index (χ0) is 9.42. The van der Waals surface area contributed by atoms with Crippen LogP contribution in [0.5, 0.6) is 0 Å². The van der Waals surface area contributed by atoms with Crippen molar-refractivity contribution < 1.29 is 0 Å². The zero-order valence-corrected chi connectivity index (χ0v) is 9.16. The number of thiophene rings is 1. The number of hydrogen-bond acceptors (Lipinski definition) is 2. The molecule has 13 heavy (non-hydrogen) atoms. The summed E-state index contributed by atoms with van der Waals surface area (Å²) in [6, 6.07) is 2.36. The van der Waals surface area contributed by atoms with Gasteiger partial charge in [0.2, 0.25) is 0 Å². The molecule has 1 aliphatic rings. The molecule has 2 atom stereocenters. The first-order valence-corrected chi connectivity index (χ1v) is 5.83. The van der Waals surface area contributed by atoms with Crippen molar-refractivity contribution >= 4 is 11.3 Å². The summed E-state index contributed by atoms with van der Waals surface area (Å²) in [6.07, 6.45) is 2.60. The van der Waals surface area contributed by atoms with Crippen LogP contribution in [0, 0.1) is 12.8 Å². The Labute approximate surface area is 84.0 Å². The Morgan fingerprint density at radius 2 is 2.46 bits per heavy atom. The van der Waals surface area contributed by atoms with E-state index in [0.29, 0.717) is 5.92 Å². The van der Waals surface area contributed by atoms with Crippen LogP contribution in [0.3, 0.4) is 0 Å². The van der Waals surface area contributed by atoms with Crippen molar-refractivity contribution in [2.75, 3.05) is 6.54 Å². The lowest BCUT2D eigenvalue weighted by Gasteiger charge is -2.17. The van der Waals surface area contributed by atoms with Crippen LogP contribution < -0.4 is 5.73 Å². The molecule has 2 unspecified atom stereocenters. The molecule has 0 bridgehead atoms. The molecule has 0 fully saturated rings. The van der Waals surface area contributed by atoms with E-state index in [0.717, 1.165) is 12.5 Å². The number of hydrogen-bond donors (Lipinski definition) is 1. The maximum Gasteiger partial charge on any atom is 0.00832 e. The highest BCUT2D eigenvalue weighted by Crippen LogP contribution is 2.42. The third kappa shape index (κ3) is 1.53. The Hall–Kier alpha value is -0.340. The molecular weight excluding hydrogens is 178 g/mol. The van der Waals surface area contributed by atoms with Crippen molar-refractivity contribution in [3.8, 4) is 0 Å². The fourth-order valence-electron chi connectivity index (χ4n) is 2.29. The summed E-state index contributed by atoms with van der Waals surface area (Å²) in [6.45, 7) is 5.29. The highest BCUT2D eigenvalue weighted by atomic mass is 32.1. The van der Waals surface area contributed by atoms with Gasteiger partial charge in [0.25, 0.3) is 0 Å². The molecule has 0 saturated heterocycles. The molecule has 2 rings (SSSR count). The van der Waals surface area contributed by atoms with Crippen LogP contribution in [0.25, 0.3) is 0 Å². The smallest absolute Gasteiger partial charge is 0.00832 e. The summed E-state index contributed by atoms with van der Waals surface area (Å²) in [7, 11) is 0. The quantitative estimate of drug-likeness (QED) is 0.771. The molecule has 0 saturated carbocycles. The summed E-state index contributed by atoms with van der Waals surface area (Å²) in [5.74, 6) is 1.39. The van der Waals surface area contributed by atoms with Crippen LogP contribution in [0.2, 0.25) is 0 Å². The summed E-state index contributed by atoms with van der Waals surface area (Å²) < 4.78 is 0. The first-order valence-electron chi connectivity index (χ1n) is 5.01. The third-order valence-electron chi connectivity index (χ3n) is 3.11. The lowest BCUT2D eigenvalue weighted by molar-refractivity contribution is 0.466. The maximum atomic E-state index is 5.72. The van der Waals surface area contributed by atoms with E-state index in [9.17, 15) is 0 Å². The second kappa shape index (κ2) is 3.43. The summed E-state index contributed by atoms with van der Waals surface area (Å²) in [5, 5.41) is 0. The van der Waals surface area contributed by atoms with Gasteiger partial charge in [0, 0.05) is 9.75 Å². The van der Waals surface area contributed by atoms with Gasteiger partial charge in [-0.3, -0.25) is 0 Å². The van der Waals surface area contributed by atoms with Crippen molar-refractivity contribution in [2.45, 2.75) is 32.6 Å². The van der Waals surface area contributed by atoms with E-state index in [1.807, 2.05) is 11.3 Å². The van der Waals surface area contributed by atoms with E-state index < -0.39 is 0 Å². The Balaban J connectivity index is 2.26. The van der Waals surface area contributed by atoms with Crippen molar-refractivity contribution in [2.24, 2.45) is 11.7 Å². The zero-order valence-electron chi connectivity index (χ0n) is 8.34. The largest absolute Gasteiger partial charge is 0.330 e. The average Bonchev–Trinajstić information content (AvgIpc) is 2.61. The van der Waals surface area contributed by atoms with E-state index in [1.54, 1.807) is 10.4 Å². The van der Waals surface area contributed by atoms with Crippen LogP contribution in [0.15, 0.2) is 6.07 Å². The minimum atomic E-state index is 0.648. The molecule has 0 amide bonds. The maximum absolute atomic E-state index is 5.72. The molecule has 0 aromatic carbocycles. The third-order valence-corrected chi connectivity index (χ3v) is 4.23. The van der Waals surface area contributed by atoms with Crippen LogP contribution in [-0.2, 0) is 6.42 Å². The fraction of sp³-hybridized carbons (Fsp3) is 0.636. The molecule has 1 nitrogen and oxygen atoms in total. The number of nitrogens with two attached hydrogens (primary N) is 1. The second-order valence-electron chi connectivity index (χ2n) is 4.09. The lowest BCUT2D eigenvalue weighted by atomic mass is 9.89. The van der Waals surface area contributed by atoms with Gasteiger partial charge in [0.05, 0.1) is 0 Å². The molecule has 2 N–H and O–H groups in total. The predicted molar refractivity (Wildman–Crippen MR) is 58.3 cm³/mol. The standard InChI is InChI=1S/C11H17NS/c1-7(6-12)9-3-4-11-10(9)5-8(2)13-11/h5,7,9H,3-4,6,12H2,1-2H3. The van der Waals surface area contributed by atoms with Crippen LogP contribution >= 0.6 is 11.3 Å². The van der Waals surface area contributed by atoms with Crippen molar-refractivity contribution in [3.63, 3.8) is 0 Å². The van der Waals surface area contributed by atoms with Crippen molar-refractivity contribution in [3.05, 3.63) is 21.4 Å². The van der Waals surface area contributed by atoms with E-state index in [1.165, 1.54) is 17.7 Å². The molecule has 1 aliphatic carbocycles. The molecule has 0 radical (unpaired) electrons. The molecule has 1 heterocycles. The molecular formula is C11H17NS. The SMILES string of the molecule is Cc1cc2c(s1)CCC2C(C)CN. The molecule has 0 spiro atoms. The van der Waals surface area contributed by atoms with Gasteiger partial charge in [0.15, 0.2) is 0 Å². The average molecular weight is 195 g/mol. The molecule has 1 aromatic heterocycles. The van der Waals surface area contributed by atoms with Crippen LogP contribution in [0.1, 0.15) is 34.6 Å². The van der Waals surface area contributed by atoms with Crippen LogP contribution in [0.4, 0.5) is 0 Å². The van der Waals surface area contributed by atoms with E-state index in [4.69, 9.17) is 5.73 Å². The van der Waals surface area contributed by atoms with Crippen molar-refractivity contribution in [1.29, 1.82) is 0 Å². The minimum Gasteiger partial charge on any atom is -0.330 e. The predicted octanol–water partition coefficient (Wildman–Crippen LogP) is 2.68. The van der Waals surface area contributed by atoms with E-state index in [-0.39, 0.29) is 0 Å². The number of rotatable bonds is 2. The normalized spacial score (nSPS) is 23.2. The van der Waals surface area contributed by atoms with Gasteiger partial charge in [-0.15, -0.1) is 11.3 Å². The second-order valence-corrected chi connectivity index (χ2v) is 5.43. The van der Waals surface area contributed by atoms with Gasteiger partial charge in [-0.2, -0.15) is 0 Å². The minimum absolute atomic E-state index is 0.648. The van der Waals surface area contributed by atoms with Crippen LogP contribution in [-0.4, -0.2) is 6.54 Å². The number of fused-ring (bicyclic) bond motifs is 1. The monoisotopic (exact) mass is 195 g/mol. The molecule has 2 heteroatoms. The van der Waals surface area contributed by atoms with E-state index >= 15 is 0 Å². The summed E-state index contributed by atoms with van der Waals surface area (Å²) >= 11 is 1.97. The Kier molecular flexibility index (Phi) is 2.43. The van der Waals surface area contributed by atoms with Gasteiger partial charge < -0.3 is 5.73 Å². The summed E-state index contributed by atoms with van der Waals surface area (Å²) in [4.78, 5) is 3.07. The van der Waals surface area contributed by atoms with Gasteiger partial charge in [0.1, 0.15) is 0 Å². The van der Waals surface area contributed by atoms with Gasteiger partial charge in [-0.25, -0.2) is 0 Å². The van der Waals surface area contributed by atoms with Gasteiger partial charge >= 0.3 is 0 Å². The van der Waals surface area contributed by atoms with Gasteiger partial charge in [-0.05, 0) is 49.8 Å². The fourth-order valence-corrected chi connectivity index (χ4v) is 3.41. The first kappa shape index (κ1) is 9.22. The highest BCUT2D eigenvalue weighted by molar-refractivity contribution is 7.12. The lowest BCUT2D eigenvalue weighted by Crippen LogP contribution is -2.17. The van der Waals surface area contributed by atoms with E-state index in [2.05, 4.69) is 19.9 Å². The molecule has 0 aliphatic heterocycles. The Morgan fingerprint density at radius 1 is 1.69 bits per heavy atom. The van der Waals surface area contributed by atoms with Crippen molar-refractivity contribution in [1.82, 2.24) is 0 Å². The molecule has 72 valence electrons. The highest BCUT2D eigenvalue weighted by Gasteiger charge is 2.27. The Morgan fingerprint density at radius 3 is 3.15 bits per heavy atom. The Bertz CT molecular complexity index is 303. The number of aryl methyl sites for hydroxylation is 2.